The van der Waals surface area contributed by atoms with Crippen LogP contribution in [-0.4, -0.2) is 43.4 Å². The molecule has 0 saturated heterocycles. The summed E-state index contributed by atoms with van der Waals surface area (Å²) in [6.07, 6.45) is 1.71. The van der Waals surface area contributed by atoms with Crippen LogP contribution in [0.5, 0.6) is 11.5 Å². The number of anilines is 1. The average Bonchev–Trinajstić information content (AvgIpc) is 2.80. The lowest BCUT2D eigenvalue weighted by Gasteiger charge is -2.29. The van der Waals surface area contributed by atoms with E-state index >= 15 is 0 Å². The summed E-state index contributed by atoms with van der Waals surface area (Å²) in [5.74, 6) is 0.811. The van der Waals surface area contributed by atoms with Crippen molar-refractivity contribution in [2.24, 2.45) is 0 Å². The van der Waals surface area contributed by atoms with Gasteiger partial charge in [-0.15, -0.1) is 0 Å². The predicted molar refractivity (Wildman–Crippen MR) is 127 cm³/mol. The Balaban J connectivity index is 1.66. The molecule has 0 fully saturated rings. The van der Waals surface area contributed by atoms with Gasteiger partial charge in [0.25, 0.3) is 5.91 Å². The Labute approximate surface area is 195 Å². The van der Waals surface area contributed by atoms with Crippen molar-refractivity contribution < 1.29 is 23.9 Å². The van der Waals surface area contributed by atoms with E-state index in [0.29, 0.717) is 42.1 Å². The van der Waals surface area contributed by atoms with Crippen LogP contribution in [0.3, 0.4) is 0 Å². The van der Waals surface area contributed by atoms with Crippen molar-refractivity contribution in [1.82, 2.24) is 5.32 Å². The van der Waals surface area contributed by atoms with E-state index in [4.69, 9.17) is 9.47 Å². The predicted octanol–water partition coefficient (Wildman–Crippen LogP) is 3.99. The fraction of sp³-hybridized carbons (Fsp3) is 0.423. The van der Waals surface area contributed by atoms with Crippen LogP contribution in [0.4, 0.5) is 5.69 Å². The first-order chi connectivity index (χ1) is 15.8. The first-order valence-corrected chi connectivity index (χ1v) is 11.4. The maximum atomic E-state index is 12.8. The van der Waals surface area contributed by atoms with Crippen LogP contribution in [0.2, 0.25) is 0 Å². The zero-order chi connectivity index (χ0) is 24.0. The molecule has 2 aromatic carbocycles. The summed E-state index contributed by atoms with van der Waals surface area (Å²) < 4.78 is 11.3. The number of Topliss-reactive ketones (excluding diaryl/α,β-unsaturated/α-hetero) is 1. The third-order valence-corrected chi connectivity index (χ3v) is 5.94. The third-order valence-electron chi connectivity index (χ3n) is 5.94. The number of aryl methyl sites for hydroxylation is 1. The molecule has 1 atom stereocenters. The van der Waals surface area contributed by atoms with E-state index < -0.39 is 0 Å². The van der Waals surface area contributed by atoms with Crippen molar-refractivity contribution in [3.05, 3.63) is 53.1 Å². The van der Waals surface area contributed by atoms with E-state index in [1.54, 1.807) is 23.1 Å². The molecule has 33 heavy (non-hydrogen) atoms. The number of ketones is 1. The summed E-state index contributed by atoms with van der Waals surface area (Å²) >= 11 is 0. The molecule has 3 rings (SSSR count). The average molecular weight is 453 g/mol. The summed E-state index contributed by atoms with van der Waals surface area (Å²) in [4.78, 5) is 39.0. The summed E-state index contributed by atoms with van der Waals surface area (Å²) in [7, 11) is 0. The number of carbonyl (C=O) groups excluding carboxylic acids is 3. The second-order valence-electron chi connectivity index (χ2n) is 8.41. The van der Waals surface area contributed by atoms with Gasteiger partial charge in [0.05, 0.1) is 5.69 Å². The van der Waals surface area contributed by atoms with E-state index in [1.807, 2.05) is 45.9 Å². The Bertz CT molecular complexity index is 1030. The largest absolute Gasteiger partial charge is 0.485 e. The van der Waals surface area contributed by atoms with Gasteiger partial charge < -0.3 is 19.7 Å². The first-order valence-electron chi connectivity index (χ1n) is 11.4. The van der Waals surface area contributed by atoms with Crippen LogP contribution in [0.25, 0.3) is 0 Å². The van der Waals surface area contributed by atoms with Gasteiger partial charge in [0.15, 0.2) is 19.0 Å². The fourth-order valence-corrected chi connectivity index (χ4v) is 3.57. The Morgan fingerprint density at radius 1 is 1.21 bits per heavy atom. The van der Waals surface area contributed by atoms with Crippen LogP contribution >= 0.6 is 0 Å². The van der Waals surface area contributed by atoms with E-state index in [0.717, 1.165) is 17.5 Å². The minimum Gasteiger partial charge on any atom is -0.485 e. The quantitative estimate of drug-likeness (QED) is 0.551. The van der Waals surface area contributed by atoms with Crippen molar-refractivity contribution in [3.63, 3.8) is 0 Å². The molecule has 0 spiro atoms. The minimum absolute atomic E-state index is 0.0298. The summed E-state index contributed by atoms with van der Waals surface area (Å²) in [6, 6.07) is 10.9. The Morgan fingerprint density at radius 2 is 2.00 bits per heavy atom. The van der Waals surface area contributed by atoms with Crippen molar-refractivity contribution in [1.29, 1.82) is 0 Å². The second-order valence-corrected chi connectivity index (χ2v) is 8.41. The maximum Gasteiger partial charge on any atom is 0.265 e. The van der Waals surface area contributed by atoms with Crippen LogP contribution in [0.15, 0.2) is 36.4 Å². The number of hydrogen-bond acceptors (Lipinski definition) is 5. The molecule has 7 nitrogen and oxygen atoms in total. The fourth-order valence-electron chi connectivity index (χ4n) is 3.57. The number of benzene rings is 2. The molecule has 2 amide bonds. The monoisotopic (exact) mass is 452 g/mol. The lowest BCUT2D eigenvalue weighted by atomic mass is 10.1. The molecule has 1 N–H and O–H groups in total. The SMILES string of the molecule is CCC(C)NC(=O)CCCN1C(=O)COc2ccc(C(=O)COc3cccc(C)c3C)cc21. The summed E-state index contributed by atoms with van der Waals surface area (Å²) in [5, 5.41) is 2.93. The van der Waals surface area contributed by atoms with Gasteiger partial charge in [-0.25, -0.2) is 0 Å². The highest BCUT2D eigenvalue weighted by molar-refractivity contribution is 6.02. The van der Waals surface area contributed by atoms with Gasteiger partial charge in [-0.3, -0.25) is 14.4 Å². The summed E-state index contributed by atoms with van der Waals surface area (Å²) in [5.41, 5.74) is 3.08. The van der Waals surface area contributed by atoms with Gasteiger partial charge in [-0.1, -0.05) is 19.1 Å². The van der Waals surface area contributed by atoms with Gasteiger partial charge in [-0.05, 0) is 69.0 Å². The molecular formula is C26H32N2O5. The maximum absolute atomic E-state index is 12.8. The van der Waals surface area contributed by atoms with Crippen molar-refractivity contribution in [2.45, 2.75) is 53.0 Å². The molecule has 0 radical (unpaired) electrons. The van der Waals surface area contributed by atoms with Gasteiger partial charge in [0, 0.05) is 24.6 Å². The number of ether oxygens (including phenoxy) is 2. The Hall–Kier alpha value is -3.35. The number of carbonyl (C=O) groups is 3. The highest BCUT2D eigenvalue weighted by atomic mass is 16.5. The molecule has 0 saturated carbocycles. The van der Waals surface area contributed by atoms with Gasteiger partial charge in [0.1, 0.15) is 11.5 Å². The van der Waals surface area contributed by atoms with Crippen molar-refractivity contribution >= 4 is 23.3 Å². The van der Waals surface area contributed by atoms with Crippen molar-refractivity contribution in [2.75, 3.05) is 24.7 Å². The number of nitrogens with one attached hydrogen (secondary N) is 1. The van der Waals surface area contributed by atoms with E-state index in [-0.39, 0.29) is 36.9 Å². The van der Waals surface area contributed by atoms with Crippen LogP contribution in [-0.2, 0) is 9.59 Å². The number of hydrogen-bond donors (Lipinski definition) is 1. The molecule has 1 heterocycles. The smallest absolute Gasteiger partial charge is 0.265 e. The number of amides is 2. The molecule has 7 heteroatoms. The minimum atomic E-state index is -0.193. The van der Waals surface area contributed by atoms with E-state index in [2.05, 4.69) is 5.32 Å². The van der Waals surface area contributed by atoms with Gasteiger partial charge in [-0.2, -0.15) is 0 Å². The highest BCUT2D eigenvalue weighted by Crippen LogP contribution is 2.33. The normalized spacial score (nSPS) is 13.7. The van der Waals surface area contributed by atoms with Crippen LogP contribution < -0.4 is 19.7 Å². The molecular weight excluding hydrogens is 420 g/mol. The van der Waals surface area contributed by atoms with E-state index in [1.165, 1.54) is 0 Å². The lowest BCUT2D eigenvalue weighted by Crippen LogP contribution is -2.40. The third kappa shape index (κ3) is 6.12. The van der Waals surface area contributed by atoms with Crippen molar-refractivity contribution in [3.8, 4) is 11.5 Å². The number of nitrogens with zero attached hydrogens (tertiary/aromatic N) is 1. The van der Waals surface area contributed by atoms with E-state index in [9.17, 15) is 14.4 Å². The number of fused-ring (bicyclic) bond motifs is 1. The topological polar surface area (TPSA) is 84.9 Å². The molecule has 0 aliphatic carbocycles. The summed E-state index contributed by atoms with van der Waals surface area (Å²) in [6.45, 7) is 8.14. The van der Waals surface area contributed by atoms with Gasteiger partial charge in [0.2, 0.25) is 5.91 Å². The van der Waals surface area contributed by atoms with Gasteiger partial charge >= 0.3 is 0 Å². The van der Waals surface area contributed by atoms with Crippen LogP contribution in [0, 0.1) is 13.8 Å². The second kappa shape index (κ2) is 11.0. The zero-order valence-corrected chi connectivity index (χ0v) is 19.8. The lowest BCUT2D eigenvalue weighted by molar-refractivity contribution is -0.123. The Kier molecular flexibility index (Phi) is 8.09. The molecule has 1 aliphatic rings. The van der Waals surface area contributed by atoms with Crippen LogP contribution in [0.1, 0.15) is 54.6 Å². The zero-order valence-electron chi connectivity index (χ0n) is 19.8. The molecule has 1 unspecified atom stereocenters. The standard InChI is InChI=1S/C26H32N2O5/c1-5-18(3)27-25(30)10-7-13-28-21-14-20(11-12-24(21)33-16-26(28)31)22(29)15-32-23-9-6-8-17(2)19(23)4/h6,8-9,11-12,14,18H,5,7,10,13,15-16H2,1-4H3,(H,27,30). The molecule has 2 aromatic rings. The molecule has 0 aromatic heterocycles. The number of rotatable bonds is 10. The molecule has 0 bridgehead atoms. The molecule has 1 aliphatic heterocycles. The highest BCUT2D eigenvalue weighted by Gasteiger charge is 2.26. The molecule has 176 valence electrons. The first kappa shape index (κ1) is 24.3. The Morgan fingerprint density at radius 3 is 2.76 bits per heavy atom.